The Morgan fingerprint density at radius 2 is 1.60 bits per heavy atom. The molecule has 0 atom stereocenters. The second-order valence-electron chi connectivity index (χ2n) is 6.85. The monoisotopic (exact) mass is 441 g/mol. The van der Waals surface area contributed by atoms with E-state index in [1.165, 1.54) is 13.2 Å². The average molecular weight is 442 g/mol. The van der Waals surface area contributed by atoms with Crippen LogP contribution in [0.4, 0.5) is 4.39 Å². The molecular weight excluding hydrogens is 428 g/mol. The summed E-state index contributed by atoms with van der Waals surface area (Å²) in [5, 5.41) is 2.19. The van der Waals surface area contributed by atoms with Gasteiger partial charge in [-0.05, 0) is 30.3 Å². The zero-order valence-corrected chi connectivity index (χ0v) is 17.1. The summed E-state index contributed by atoms with van der Waals surface area (Å²) in [5.41, 5.74) is 4.72. The summed E-state index contributed by atoms with van der Waals surface area (Å²) < 4.78 is 18.9. The van der Waals surface area contributed by atoms with Crippen molar-refractivity contribution in [3.63, 3.8) is 0 Å². The van der Waals surface area contributed by atoms with Crippen LogP contribution < -0.4 is 0 Å². The number of benzene rings is 2. The highest BCUT2D eigenvalue weighted by molar-refractivity contribution is 6.32. The Bertz CT molecular complexity index is 1450. The molecule has 0 saturated heterocycles. The second-order valence-corrected chi connectivity index (χ2v) is 7.69. The maximum atomic E-state index is 13.9. The van der Waals surface area contributed by atoms with Crippen LogP contribution in [-0.4, -0.2) is 28.0 Å². The molecule has 150 valence electrons. The van der Waals surface area contributed by atoms with E-state index in [1.54, 1.807) is 24.5 Å². The molecule has 0 amide bonds. The number of H-pyrrole nitrogens is 3. The van der Waals surface area contributed by atoms with Crippen molar-refractivity contribution in [2.45, 2.75) is 0 Å². The number of nitrogens with one attached hydrogen (secondary N) is 3. The summed E-state index contributed by atoms with van der Waals surface area (Å²) >= 11 is 12.2. The summed E-state index contributed by atoms with van der Waals surface area (Å²) in [6.07, 6.45) is 5.31. The van der Waals surface area contributed by atoms with Crippen LogP contribution in [-0.2, 0) is 4.74 Å². The smallest absolute Gasteiger partial charge is 0.355 e. The summed E-state index contributed by atoms with van der Waals surface area (Å²) in [5.74, 6) is -1.01. The van der Waals surface area contributed by atoms with Gasteiger partial charge in [0.2, 0.25) is 0 Å². The number of halogens is 3. The van der Waals surface area contributed by atoms with E-state index in [4.69, 9.17) is 27.9 Å². The van der Waals surface area contributed by atoms with Crippen LogP contribution in [0.15, 0.2) is 48.9 Å². The van der Waals surface area contributed by atoms with Crippen molar-refractivity contribution < 1.29 is 13.9 Å². The first-order valence-corrected chi connectivity index (χ1v) is 9.76. The number of carbonyl (C=O) groups excluding carboxylic acids is 1. The molecule has 3 aromatic heterocycles. The number of ether oxygens (including phenoxy) is 1. The summed E-state index contributed by atoms with van der Waals surface area (Å²) in [6, 6.07) is 8.42. The molecule has 8 heteroatoms. The molecule has 0 aliphatic heterocycles. The number of methoxy groups -OCH3 is 1. The standard InChI is InChI=1S/C22H14Cl2FN3O2/c1-30-22(29)21-20(14-8-26-18-3-2-10(23)4-11(14)18)15(9-28-21)13-7-27-19-6-17(25)16(24)5-12(13)19/h2-9,26-28H,1H3. The van der Waals surface area contributed by atoms with E-state index in [0.717, 1.165) is 33.0 Å². The third-order valence-corrected chi connectivity index (χ3v) is 5.72. The van der Waals surface area contributed by atoms with Crippen LogP contribution in [0.1, 0.15) is 10.5 Å². The first-order valence-electron chi connectivity index (χ1n) is 9.01. The van der Waals surface area contributed by atoms with Gasteiger partial charge in [0.05, 0.1) is 12.1 Å². The maximum absolute atomic E-state index is 13.9. The number of aromatic nitrogens is 3. The summed E-state index contributed by atoms with van der Waals surface area (Å²) in [7, 11) is 1.33. The van der Waals surface area contributed by atoms with E-state index >= 15 is 0 Å². The third kappa shape index (κ3) is 2.80. The van der Waals surface area contributed by atoms with Crippen LogP contribution in [0.2, 0.25) is 10.0 Å². The fourth-order valence-corrected chi connectivity index (χ4v) is 4.15. The predicted octanol–water partition coefficient (Wildman–Crippen LogP) is 6.54. The van der Waals surface area contributed by atoms with Gasteiger partial charge in [0, 0.05) is 67.7 Å². The fraction of sp³-hybridized carbons (Fsp3) is 0.0455. The van der Waals surface area contributed by atoms with Gasteiger partial charge in [-0.25, -0.2) is 9.18 Å². The van der Waals surface area contributed by atoms with Crippen LogP contribution in [0, 0.1) is 5.82 Å². The van der Waals surface area contributed by atoms with Crippen molar-refractivity contribution >= 4 is 51.0 Å². The zero-order valence-electron chi connectivity index (χ0n) is 15.6. The SMILES string of the molecule is COC(=O)c1[nH]cc(-c2c[nH]c3cc(F)c(Cl)cc23)c1-c1c[nH]c2ccc(Cl)cc12. The van der Waals surface area contributed by atoms with Crippen molar-refractivity contribution in [3.05, 3.63) is 70.5 Å². The first kappa shape index (κ1) is 18.8. The Morgan fingerprint density at radius 3 is 2.40 bits per heavy atom. The molecule has 0 aliphatic rings. The second kappa shape index (κ2) is 6.93. The van der Waals surface area contributed by atoms with Crippen molar-refractivity contribution in [1.29, 1.82) is 0 Å². The van der Waals surface area contributed by atoms with Gasteiger partial charge in [0.1, 0.15) is 11.5 Å². The maximum Gasteiger partial charge on any atom is 0.355 e. The molecule has 2 aromatic carbocycles. The van der Waals surface area contributed by atoms with Crippen LogP contribution in [0.3, 0.4) is 0 Å². The largest absolute Gasteiger partial charge is 0.464 e. The topological polar surface area (TPSA) is 73.7 Å². The van der Waals surface area contributed by atoms with Gasteiger partial charge in [-0.3, -0.25) is 0 Å². The lowest BCUT2D eigenvalue weighted by molar-refractivity contribution is 0.0596. The number of hydrogen-bond acceptors (Lipinski definition) is 2. The Labute approximate surface area is 179 Å². The molecule has 5 nitrogen and oxygen atoms in total. The molecule has 0 saturated carbocycles. The van der Waals surface area contributed by atoms with Crippen LogP contribution >= 0.6 is 23.2 Å². The van der Waals surface area contributed by atoms with E-state index in [-0.39, 0.29) is 5.02 Å². The molecule has 30 heavy (non-hydrogen) atoms. The number of rotatable bonds is 3. The summed E-state index contributed by atoms with van der Waals surface area (Å²) in [4.78, 5) is 21.8. The van der Waals surface area contributed by atoms with Gasteiger partial charge in [-0.15, -0.1) is 0 Å². The molecule has 0 radical (unpaired) electrons. The van der Waals surface area contributed by atoms with Crippen LogP contribution in [0.25, 0.3) is 44.1 Å². The molecule has 0 bridgehead atoms. The third-order valence-electron chi connectivity index (χ3n) is 5.20. The van der Waals surface area contributed by atoms with Crippen molar-refractivity contribution in [3.8, 4) is 22.3 Å². The van der Waals surface area contributed by atoms with E-state index < -0.39 is 11.8 Å². The van der Waals surface area contributed by atoms with Crippen LogP contribution in [0.5, 0.6) is 0 Å². The molecular formula is C22H14Cl2FN3O2. The number of fused-ring (bicyclic) bond motifs is 2. The highest BCUT2D eigenvalue weighted by Gasteiger charge is 2.24. The highest BCUT2D eigenvalue weighted by atomic mass is 35.5. The lowest BCUT2D eigenvalue weighted by atomic mass is 9.96. The lowest BCUT2D eigenvalue weighted by Crippen LogP contribution is -2.03. The van der Waals surface area contributed by atoms with Gasteiger partial charge in [0.15, 0.2) is 0 Å². The number of carbonyl (C=O) groups is 1. The van der Waals surface area contributed by atoms with Gasteiger partial charge in [0.25, 0.3) is 0 Å². The van der Waals surface area contributed by atoms with Gasteiger partial charge >= 0.3 is 5.97 Å². The lowest BCUT2D eigenvalue weighted by Gasteiger charge is -2.07. The normalized spacial score (nSPS) is 11.5. The fourth-order valence-electron chi connectivity index (χ4n) is 3.82. The number of hydrogen-bond donors (Lipinski definition) is 3. The van der Waals surface area contributed by atoms with Gasteiger partial charge < -0.3 is 19.7 Å². The van der Waals surface area contributed by atoms with E-state index in [2.05, 4.69) is 15.0 Å². The first-order chi connectivity index (χ1) is 14.5. The minimum Gasteiger partial charge on any atom is -0.464 e. The molecule has 0 spiro atoms. The molecule has 5 rings (SSSR count). The van der Waals surface area contributed by atoms with E-state index in [0.29, 0.717) is 21.8 Å². The number of aromatic amines is 3. The van der Waals surface area contributed by atoms with Crippen molar-refractivity contribution in [1.82, 2.24) is 15.0 Å². The van der Waals surface area contributed by atoms with Crippen molar-refractivity contribution in [2.75, 3.05) is 7.11 Å². The Kier molecular flexibility index (Phi) is 4.34. The molecule has 3 heterocycles. The van der Waals surface area contributed by atoms with Gasteiger partial charge in [-0.1, -0.05) is 23.2 Å². The van der Waals surface area contributed by atoms with Gasteiger partial charge in [-0.2, -0.15) is 0 Å². The number of esters is 1. The van der Waals surface area contributed by atoms with Crippen molar-refractivity contribution in [2.24, 2.45) is 0 Å². The molecule has 0 aliphatic carbocycles. The molecule has 5 aromatic rings. The minimum atomic E-state index is -0.506. The van der Waals surface area contributed by atoms with E-state index in [9.17, 15) is 9.18 Å². The summed E-state index contributed by atoms with van der Waals surface area (Å²) in [6.45, 7) is 0. The molecule has 3 N–H and O–H groups in total. The Morgan fingerprint density at radius 1 is 0.900 bits per heavy atom. The highest BCUT2D eigenvalue weighted by Crippen LogP contribution is 2.42. The molecule has 0 unspecified atom stereocenters. The zero-order chi connectivity index (χ0) is 21.0. The van der Waals surface area contributed by atoms with E-state index in [1.807, 2.05) is 18.3 Å². The molecule has 0 fully saturated rings. The minimum absolute atomic E-state index is 0.0208. The Balaban J connectivity index is 1.83. The average Bonchev–Trinajstić information content (AvgIpc) is 3.43. The Hall–Kier alpha value is -3.22. The quantitative estimate of drug-likeness (QED) is 0.278. The predicted molar refractivity (Wildman–Crippen MR) is 117 cm³/mol.